The Balaban J connectivity index is 1.73. The minimum Gasteiger partial charge on any atom is -0.434 e. The lowest BCUT2D eigenvalue weighted by atomic mass is 10.1. The molecule has 0 saturated carbocycles. The molecular formula is C20H21ClF2N4O4S2. The third-order valence-corrected chi connectivity index (χ3v) is 7.03. The number of hydrogen-bond donors (Lipinski definition) is 2. The normalized spacial score (nSPS) is 15.4. The van der Waals surface area contributed by atoms with E-state index < -0.39 is 16.6 Å². The molecule has 0 bridgehead atoms. The molecule has 0 atom stereocenters. The number of nitrogens with zero attached hydrogens (tertiary/aromatic N) is 2. The Morgan fingerprint density at radius 2 is 1.94 bits per heavy atom. The van der Waals surface area contributed by atoms with Gasteiger partial charge in [-0.25, -0.2) is 8.42 Å². The third kappa shape index (κ3) is 6.58. The molecule has 33 heavy (non-hydrogen) atoms. The van der Waals surface area contributed by atoms with Crippen molar-refractivity contribution in [3.63, 3.8) is 0 Å². The molecule has 0 unspecified atom stereocenters. The van der Waals surface area contributed by atoms with Crippen LogP contribution in [0.3, 0.4) is 0 Å². The zero-order valence-electron chi connectivity index (χ0n) is 17.4. The highest BCUT2D eigenvalue weighted by Crippen LogP contribution is 2.27. The van der Waals surface area contributed by atoms with E-state index in [2.05, 4.69) is 20.6 Å². The van der Waals surface area contributed by atoms with Gasteiger partial charge in [-0.2, -0.15) is 18.2 Å². The van der Waals surface area contributed by atoms with Crippen LogP contribution in [0.2, 0.25) is 5.02 Å². The summed E-state index contributed by atoms with van der Waals surface area (Å²) in [6, 6.07) is 10.4. The van der Waals surface area contributed by atoms with Crippen LogP contribution in [0, 0.1) is 0 Å². The van der Waals surface area contributed by atoms with E-state index in [1.54, 1.807) is 25.1 Å². The average Bonchev–Trinajstić information content (AvgIpc) is 2.79. The number of rotatable bonds is 7. The summed E-state index contributed by atoms with van der Waals surface area (Å²) >= 11 is 11.4. The van der Waals surface area contributed by atoms with E-state index in [1.165, 1.54) is 28.6 Å². The lowest BCUT2D eigenvalue weighted by Gasteiger charge is -2.26. The van der Waals surface area contributed by atoms with E-state index in [9.17, 15) is 17.2 Å². The summed E-state index contributed by atoms with van der Waals surface area (Å²) in [5, 5.41) is 7.15. The zero-order chi connectivity index (χ0) is 24.0. The van der Waals surface area contributed by atoms with Gasteiger partial charge in [0.25, 0.3) is 0 Å². The summed E-state index contributed by atoms with van der Waals surface area (Å²) < 4.78 is 62.1. The van der Waals surface area contributed by atoms with Crippen molar-refractivity contribution in [1.29, 1.82) is 0 Å². The Hall–Kier alpha value is -2.38. The molecule has 1 heterocycles. The molecular weight excluding hydrogens is 498 g/mol. The van der Waals surface area contributed by atoms with Gasteiger partial charge in [0.2, 0.25) is 10.0 Å². The Labute approximate surface area is 200 Å². The zero-order valence-corrected chi connectivity index (χ0v) is 19.8. The van der Waals surface area contributed by atoms with Crippen LogP contribution in [-0.2, 0) is 14.8 Å². The Morgan fingerprint density at radius 1 is 1.24 bits per heavy atom. The van der Waals surface area contributed by atoms with Crippen molar-refractivity contribution >= 4 is 50.4 Å². The number of sulfonamides is 1. The first kappa shape index (κ1) is 25.2. The first-order chi connectivity index (χ1) is 15.7. The van der Waals surface area contributed by atoms with Gasteiger partial charge in [-0.15, -0.1) is 0 Å². The van der Waals surface area contributed by atoms with Gasteiger partial charge in [-0.05, 0) is 49.5 Å². The molecule has 2 N–H and O–H groups in total. The topological polar surface area (TPSA) is 92.3 Å². The minimum absolute atomic E-state index is 0.0180. The number of halogens is 3. The second kappa shape index (κ2) is 11.2. The maximum absolute atomic E-state index is 12.9. The summed E-state index contributed by atoms with van der Waals surface area (Å²) in [4.78, 5) is 0.0526. The molecule has 13 heteroatoms. The van der Waals surface area contributed by atoms with Gasteiger partial charge < -0.3 is 14.8 Å². The van der Waals surface area contributed by atoms with Gasteiger partial charge in [0.05, 0.1) is 34.5 Å². The van der Waals surface area contributed by atoms with Crippen LogP contribution >= 0.6 is 23.8 Å². The highest BCUT2D eigenvalue weighted by molar-refractivity contribution is 7.89. The molecule has 178 valence electrons. The Kier molecular flexibility index (Phi) is 8.54. The van der Waals surface area contributed by atoms with E-state index >= 15 is 0 Å². The maximum atomic E-state index is 12.9. The standard InChI is InChI=1S/C20H21ClF2N4O4S2/c1-13(15-4-2-3-5-18(15)31-19(22)23)25-26-20(32)24-17-12-14(6-7-16(17)21)33(28,29)27-8-10-30-11-9-27/h2-7,12,19H,8-11H2,1H3,(H2,24,26,32)/b25-13+. The van der Waals surface area contributed by atoms with Crippen LogP contribution in [0.5, 0.6) is 5.75 Å². The summed E-state index contributed by atoms with van der Waals surface area (Å²) in [7, 11) is -3.73. The molecule has 1 saturated heterocycles. The molecule has 0 amide bonds. The van der Waals surface area contributed by atoms with Crippen LogP contribution in [-0.4, -0.2) is 56.5 Å². The van der Waals surface area contributed by atoms with Crippen LogP contribution < -0.4 is 15.5 Å². The van der Waals surface area contributed by atoms with E-state index in [4.69, 9.17) is 28.6 Å². The molecule has 1 fully saturated rings. The fraction of sp³-hybridized carbons (Fsp3) is 0.300. The van der Waals surface area contributed by atoms with Gasteiger partial charge in [-0.3, -0.25) is 5.43 Å². The van der Waals surface area contributed by atoms with Gasteiger partial charge in [0.1, 0.15) is 5.75 Å². The summed E-state index contributed by atoms with van der Waals surface area (Å²) in [5.74, 6) is -0.0292. The van der Waals surface area contributed by atoms with Crippen molar-refractivity contribution in [2.24, 2.45) is 5.10 Å². The summed E-state index contributed by atoms with van der Waals surface area (Å²) in [6.07, 6.45) is 0. The largest absolute Gasteiger partial charge is 0.434 e. The lowest BCUT2D eigenvalue weighted by molar-refractivity contribution is -0.0499. The number of benzene rings is 2. The fourth-order valence-corrected chi connectivity index (χ4v) is 4.76. The SMILES string of the molecule is C/C(=N\NC(=S)Nc1cc(S(=O)(=O)N2CCOCC2)ccc1Cl)c1ccccc1OC(F)F. The number of nitrogens with one attached hydrogen (secondary N) is 2. The number of alkyl halides is 2. The molecule has 0 spiro atoms. The van der Waals surface area contributed by atoms with E-state index in [0.717, 1.165) is 0 Å². The quantitative estimate of drug-likeness (QED) is 0.328. The van der Waals surface area contributed by atoms with Crippen molar-refractivity contribution in [3.05, 3.63) is 53.1 Å². The second-order valence-electron chi connectivity index (χ2n) is 6.80. The van der Waals surface area contributed by atoms with Crippen LogP contribution in [0.15, 0.2) is 52.5 Å². The second-order valence-corrected chi connectivity index (χ2v) is 9.55. The van der Waals surface area contributed by atoms with E-state index in [1.807, 2.05) is 0 Å². The maximum Gasteiger partial charge on any atom is 0.387 e. The van der Waals surface area contributed by atoms with Crippen molar-refractivity contribution < 1.29 is 26.7 Å². The van der Waals surface area contributed by atoms with Crippen LogP contribution in [0.4, 0.5) is 14.5 Å². The number of anilines is 1. The number of para-hydroxylation sites is 1. The Morgan fingerprint density at radius 3 is 2.64 bits per heavy atom. The predicted molar refractivity (Wildman–Crippen MR) is 126 cm³/mol. The number of ether oxygens (including phenoxy) is 2. The monoisotopic (exact) mass is 518 g/mol. The molecule has 8 nitrogen and oxygen atoms in total. The van der Waals surface area contributed by atoms with Gasteiger partial charge in [0, 0.05) is 18.7 Å². The van der Waals surface area contributed by atoms with E-state index in [-0.39, 0.29) is 39.6 Å². The van der Waals surface area contributed by atoms with Crippen LogP contribution in [0.1, 0.15) is 12.5 Å². The van der Waals surface area contributed by atoms with Gasteiger partial charge in [-0.1, -0.05) is 23.7 Å². The van der Waals surface area contributed by atoms with Gasteiger partial charge >= 0.3 is 6.61 Å². The van der Waals surface area contributed by atoms with Crippen molar-refractivity contribution in [1.82, 2.24) is 9.73 Å². The summed E-state index contributed by atoms with van der Waals surface area (Å²) in [6.45, 7) is -0.204. The molecule has 1 aliphatic rings. The first-order valence-corrected chi connectivity index (χ1v) is 11.9. The van der Waals surface area contributed by atoms with Gasteiger partial charge in [0.15, 0.2) is 5.11 Å². The fourth-order valence-electron chi connectivity index (χ4n) is 3.01. The van der Waals surface area contributed by atoms with Crippen molar-refractivity contribution in [2.45, 2.75) is 18.4 Å². The van der Waals surface area contributed by atoms with Crippen molar-refractivity contribution in [3.8, 4) is 5.75 Å². The molecule has 1 aliphatic heterocycles. The number of hydrogen-bond acceptors (Lipinski definition) is 6. The number of morpholine rings is 1. The average molecular weight is 519 g/mol. The minimum atomic E-state index is -3.73. The summed E-state index contributed by atoms with van der Waals surface area (Å²) in [5.41, 5.74) is 3.54. The molecule has 0 radical (unpaired) electrons. The lowest BCUT2D eigenvalue weighted by Crippen LogP contribution is -2.40. The third-order valence-electron chi connectivity index (χ3n) is 4.61. The van der Waals surface area contributed by atoms with E-state index in [0.29, 0.717) is 24.5 Å². The smallest absolute Gasteiger partial charge is 0.387 e. The highest BCUT2D eigenvalue weighted by Gasteiger charge is 2.27. The Bertz CT molecular complexity index is 1140. The van der Waals surface area contributed by atoms with Crippen LogP contribution in [0.25, 0.3) is 0 Å². The predicted octanol–water partition coefficient (Wildman–Crippen LogP) is 3.67. The molecule has 2 aromatic carbocycles. The molecule has 0 aliphatic carbocycles. The first-order valence-electron chi connectivity index (χ1n) is 9.71. The molecule has 2 aromatic rings. The number of hydrazone groups is 1. The van der Waals surface area contributed by atoms with Crippen molar-refractivity contribution in [2.75, 3.05) is 31.6 Å². The molecule has 3 rings (SSSR count). The highest BCUT2D eigenvalue weighted by atomic mass is 35.5. The molecule has 0 aromatic heterocycles. The number of thiocarbonyl (C=S) groups is 1.